The summed E-state index contributed by atoms with van der Waals surface area (Å²) in [5, 5.41) is 0. The molecule has 1 aromatic carbocycles. The van der Waals surface area contributed by atoms with Crippen LogP contribution in [0.25, 0.3) is 0 Å². The van der Waals surface area contributed by atoms with Gasteiger partial charge in [-0.2, -0.15) is 0 Å². The van der Waals surface area contributed by atoms with Gasteiger partial charge in [0.05, 0.1) is 13.2 Å². The van der Waals surface area contributed by atoms with Crippen LogP contribution in [0.1, 0.15) is 16.7 Å². The second kappa shape index (κ2) is 5.47. The van der Waals surface area contributed by atoms with Crippen LogP contribution in [0.15, 0.2) is 12.1 Å². The minimum Gasteiger partial charge on any atom is -0.379 e. The molecule has 0 saturated carbocycles. The Bertz CT molecular complexity index is 372. The van der Waals surface area contributed by atoms with Crippen molar-refractivity contribution in [3.63, 3.8) is 0 Å². The molecular weight excluding hydrogens is 313 g/mol. The summed E-state index contributed by atoms with van der Waals surface area (Å²) in [7, 11) is 0. The lowest BCUT2D eigenvalue weighted by molar-refractivity contribution is 0.0341. The van der Waals surface area contributed by atoms with Crippen molar-refractivity contribution in [1.82, 2.24) is 4.90 Å². The van der Waals surface area contributed by atoms with E-state index in [1.54, 1.807) is 0 Å². The Kier molecular flexibility index (Phi) is 4.21. The predicted octanol–water partition coefficient (Wildman–Crippen LogP) is 2.74. The molecule has 0 bridgehead atoms. The second-order valence-electron chi connectivity index (χ2n) is 4.42. The first-order chi connectivity index (χ1) is 7.66. The number of aryl methyl sites for hydroxylation is 2. The summed E-state index contributed by atoms with van der Waals surface area (Å²) in [5.41, 5.74) is 4.25. The molecule has 1 aromatic rings. The standard InChI is InChI=1S/C13H18INO/c1-10-8-13(14)11(2)7-12(10)9-15-3-5-16-6-4-15/h7-8H,3-6,9H2,1-2H3. The van der Waals surface area contributed by atoms with Gasteiger partial charge in [0.2, 0.25) is 0 Å². The fourth-order valence-corrected chi connectivity index (χ4v) is 2.63. The number of ether oxygens (including phenoxy) is 1. The lowest BCUT2D eigenvalue weighted by atomic mass is 10.1. The molecule has 2 rings (SSSR count). The number of hydrogen-bond acceptors (Lipinski definition) is 2. The highest BCUT2D eigenvalue weighted by Crippen LogP contribution is 2.19. The van der Waals surface area contributed by atoms with Crippen LogP contribution in [-0.2, 0) is 11.3 Å². The lowest BCUT2D eigenvalue weighted by Gasteiger charge is -2.27. The number of rotatable bonds is 2. The zero-order chi connectivity index (χ0) is 11.5. The highest BCUT2D eigenvalue weighted by molar-refractivity contribution is 14.1. The molecule has 0 unspecified atom stereocenters. The first-order valence-corrected chi connectivity index (χ1v) is 6.80. The average Bonchev–Trinajstić information content (AvgIpc) is 2.27. The van der Waals surface area contributed by atoms with E-state index in [4.69, 9.17) is 4.74 Å². The topological polar surface area (TPSA) is 12.5 Å². The van der Waals surface area contributed by atoms with Crippen LogP contribution >= 0.6 is 22.6 Å². The van der Waals surface area contributed by atoms with E-state index in [2.05, 4.69) is 53.5 Å². The summed E-state index contributed by atoms with van der Waals surface area (Å²) in [6.07, 6.45) is 0. The van der Waals surface area contributed by atoms with E-state index >= 15 is 0 Å². The van der Waals surface area contributed by atoms with Crippen LogP contribution < -0.4 is 0 Å². The third-order valence-electron chi connectivity index (χ3n) is 3.11. The Hall–Kier alpha value is -0.130. The normalized spacial score (nSPS) is 17.7. The molecule has 88 valence electrons. The zero-order valence-electron chi connectivity index (χ0n) is 9.92. The number of morpholine rings is 1. The van der Waals surface area contributed by atoms with Crippen LogP contribution in [0, 0.1) is 17.4 Å². The highest BCUT2D eigenvalue weighted by Gasteiger charge is 2.12. The molecule has 1 fully saturated rings. The van der Waals surface area contributed by atoms with Crippen molar-refractivity contribution < 1.29 is 4.74 Å². The van der Waals surface area contributed by atoms with Crippen molar-refractivity contribution in [2.75, 3.05) is 26.3 Å². The van der Waals surface area contributed by atoms with Gasteiger partial charge in [-0.1, -0.05) is 6.07 Å². The van der Waals surface area contributed by atoms with Crippen LogP contribution in [0.4, 0.5) is 0 Å². The number of hydrogen-bond donors (Lipinski definition) is 0. The summed E-state index contributed by atoms with van der Waals surface area (Å²) >= 11 is 2.40. The predicted molar refractivity (Wildman–Crippen MR) is 74.7 cm³/mol. The van der Waals surface area contributed by atoms with E-state index in [-0.39, 0.29) is 0 Å². The molecule has 0 spiro atoms. The Morgan fingerprint density at radius 2 is 1.88 bits per heavy atom. The molecule has 3 heteroatoms. The van der Waals surface area contributed by atoms with Gasteiger partial charge < -0.3 is 4.74 Å². The first kappa shape index (κ1) is 12.3. The van der Waals surface area contributed by atoms with Crippen LogP contribution in [0.2, 0.25) is 0 Å². The van der Waals surface area contributed by atoms with Crippen LogP contribution in [0.5, 0.6) is 0 Å². The third-order valence-corrected chi connectivity index (χ3v) is 4.28. The van der Waals surface area contributed by atoms with Crippen molar-refractivity contribution in [3.05, 3.63) is 32.4 Å². The average molecular weight is 331 g/mol. The third kappa shape index (κ3) is 2.96. The Balaban J connectivity index is 2.11. The van der Waals surface area contributed by atoms with E-state index in [0.717, 1.165) is 32.8 Å². The summed E-state index contributed by atoms with van der Waals surface area (Å²) in [6.45, 7) is 9.33. The van der Waals surface area contributed by atoms with Gasteiger partial charge in [0.25, 0.3) is 0 Å². The molecule has 1 aliphatic heterocycles. The van der Waals surface area contributed by atoms with Gasteiger partial charge in [0, 0.05) is 23.2 Å². The molecule has 0 N–H and O–H groups in total. The van der Waals surface area contributed by atoms with E-state index in [9.17, 15) is 0 Å². The molecule has 0 aromatic heterocycles. The summed E-state index contributed by atoms with van der Waals surface area (Å²) in [5.74, 6) is 0. The SMILES string of the molecule is Cc1cc(CN2CCOCC2)c(C)cc1I. The first-order valence-electron chi connectivity index (χ1n) is 5.72. The maximum Gasteiger partial charge on any atom is 0.0594 e. The number of nitrogens with zero attached hydrogens (tertiary/aromatic N) is 1. The fraction of sp³-hybridized carbons (Fsp3) is 0.538. The van der Waals surface area contributed by atoms with Gasteiger partial charge in [-0.3, -0.25) is 4.90 Å². The van der Waals surface area contributed by atoms with Crippen molar-refractivity contribution in [2.45, 2.75) is 20.4 Å². The van der Waals surface area contributed by atoms with Gasteiger partial charge in [0.1, 0.15) is 0 Å². The molecule has 1 saturated heterocycles. The quantitative estimate of drug-likeness (QED) is 0.773. The van der Waals surface area contributed by atoms with Gasteiger partial charge in [-0.05, 0) is 59.2 Å². The summed E-state index contributed by atoms with van der Waals surface area (Å²) < 4.78 is 6.73. The molecule has 1 aliphatic rings. The van der Waals surface area contributed by atoms with Crippen LogP contribution in [0.3, 0.4) is 0 Å². The van der Waals surface area contributed by atoms with Gasteiger partial charge in [-0.15, -0.1) is 0 Å². The van der Waals surface area contributed by atoms with E-state index in [1.807, 2.05) is 0 Å². The molecule has 1 heterocycles. The highest BCUT2D eigenvalue weighted by atomic mass is 127. The number of halogens is 1. The minimum atomic E-state index is 0.877. The van der Waals surface area contributed by atoms with Crippen molar-refractivity contribution in [1.29, 1.82) is 0 Å². The summed E-state index contributed by atoms with van der Waals surface area (Å²) in [4.78, 5) is 2.47. The molecule has 0 radical (unpaired) electrons. The Labute approximate surface area is 111 Å². The number of benzene rings is 1. The largest absolute Gasteiger partial charge is 0.379 e. The van der Waals surface area contributed by atoms with Crippen molar-refractivity contribution in [2.24, 2.45) is 0 Å². The maximum atomic E-state index is 5.37. The second-order valence-corrected chi connectivity index (χ2v) is 5.58. The minimum absolute atomic E-state index is 0.877. The Morgan fingerprint density at radius 3 is 2.56 bits per heavy atom. The molecular formula is C13H18INO. The monoisotopic (exact) mass is 331 g/mol. The van der Waals surface area contributed by atoms with Crippen molar-refractivity contribution in [3.8, 4) is 0 Å². The fourth-order valence-electron chi connectivity index (χ4n) is 2.01. The van der Waals surface area contributed by atoms with E-state index in [0.29, 0.717) is 0 Å². The molecule has 16 heavy (non-hydrogen) atoms. The zero-order valence-corrected chi connectivity index (χ0v) is 12.1. The van der Waals surface area contributed by atoms with Crippen molar-refractivity contribution >= 4 is 22.6 Å². The molecule has 0 amide bonds. The molecule has 2 nitrogen and oxygen atoms in total. The van der Waals surface area contributed by atoms with Gasteiger partial charge in [-0.25, -0.2) is 0 Å². The maximum absolute atomic E-state index is 5.37. The Morgan fingerprint density at radius 1 is 1.19 bits per heavy atom. The lowest BCUT2D eigenvalue weighted by Crippen LogP contribution is -2.35. The van der Waals surface area contributed by atoms with Crippen LogP contribution in [-0.4, -0.2) is 31.2 Å². The van der Waals surface area contributed by atoms with Gasteiger partial charge in [0.15, 0.2) is 0 Å². The molecule has 0 atom stereocenters. The van der Waals surface area contributed by atoms with E-state index < -0.39 is 0 Å². The van der Waals surface area contributed by atoms with E-state index in [1.165, 1.54) is 20.3 Å². The van der Waals surface area contributed by atoms with Gasteiger partial charge >= 0.3 is 0 Å². The molecule has 0 aliphatic carbocycles. The smallest absolute Gasteiger partial charge is 0.0594 e. The summed E-state index contributed by atoms with van der Waals surface area (Å²) in [6, 6.07) is 4.61.